The third-order valence-corrected chi connectivity index (χ3v) is 4.81. The van der Waals surface area contributed by atoms with E-state index in [-0.39, 0.29) is 18.0 Å². The van der Waals surface area contributed by atoms with E-state index in [1.807, 2.05) is 25.1 Å². The molecule has 1 amide bonds. The summed E-state index contributed by atoms with van der Waals surface area (Å²) in [5.74, 6) is 0.0798. The lowest BCUT2D eigenvalue weighted by Crippen LogP contribution is -2.29. The fourth-order valence-corrected chi connectivity index (χ4v) is 3.46. The van der Waals surface area contributed by atoms with Gasteiger partial charge in [-0.25, -0.2) is 4.98 Å². The van der Waals surface area contributed by atoms with Crippen LogP contribution in [0.2, 0.25) is 5.02 Å². The number of anilines is 1. The average molecular weight is 447 g/mol. The number of carbonyl (C=O) groups is 1. The number of nitrogens with one attached hydrogen (secondary N) is 1. The molecule has 0 atom stereocenters. The van der Waals surface area contributed by atoms with E-state index >= 15 is 0 Å². The van der Waals surface area contributed by atoms with Crippen LogP contribution in [0.5, 0.6) is 0 Å². The van der Waals surface area contributed by atoms with Crippen LogP contribution in [-0.4, -0.2) is 15.5 Å². The minimum Gasteiger partial charge on any atom is -0.324 e. The number of hydrogen-bond acceptors (Lipinski definition) is 3. The Kier molecular flexibility index (Phi) is 5.77. The molecule has 2 aromatic carbocycles. The Hall–Kier alpha value is -2.44. The van der Waals surface area contributed by atoms with Gasteiger partial charge < -0.3 is 5.32 Å². The van der Waals surface area contributed by atoms with Crippen molar-refractivity contribution in [3.8, 4) is 11.4 Å². The molecule has 0 spiro atoms. The summed E-state index contributed by atoms with van der Waals surface area (Å²) in [6.45, 7) is 3.54. The van der Waals surface area contributed by atoms with Gasteiger partial charge >= 0.3 is 0 Å². The number of benzene rings is 2. The molecule has 138 valence electrons. The number of halogens is 2. The van der Waals surface area contributed by atoms with Crippen LogP contribution in [0.15, 0.2) is 57.8 Å². The first-order chi connectivity index (χ1) is 12.8. The van der Waals surface area contributed by atoms with Crippen LogP contribution in [0.4, 0.5) is 5.69 Å². The third kappa shape index (κ3) is 4.64. The average Bonchev–Trinajstić information content (AvgIpc) is 2.59. The van der Waals surface area contributed by atoms with Crippen LogP contribution in [0.3, 0.4) is 0 Å². The molecule has 7 heteroatoms. The molecule has 0 aliphatic carbocycles. The predicted octanol–water partition coefficient (Wildman–Crippen LogP) is 4.58. The molecule has 0 bridgehead atoms. The molecular formula is C20H17BrClN3O2. The summed E-state index contributed by atoms with van der Waals surface area (Å²) in [5, 5.41) is 3.35. The van der Waals surface area contributed by atoms with E-state index in [1.54, 1.807) is 31.2 Å². The van der Waals surface area contributed by atoms with Crippen molar-refractivity contribution >= 4 is 39.1 Å². The van der Waals surface area contributed by atoms with Crippen molar-refractivity contribution in [2.45, 2.75) is 20.4 Å². The second kappa shape index (κ2) is 8.06. The molecule has 1 N–H and O–H groups in total. The SMILES string of the molecule is Cc1ccc(NC(=O)Cn2c(-c3cccc(Cl)c3)nc(C)cc2=O)c(Br)c1. The van der Waals surface area contributed by atoms with Crippen molar-refractivity contribution in [2.75, 3.05) is 5.32 Å². The van der Waals surface area contributed by atoms with Gasteiger partial charge in [0.15, 0.2) is 0 Å². The number of hydrogen-bond donors (Lipinski definition) is 1. The zero-order valence-corrected chi connectivity index (χ0v) is 17.1. The van der Waals surface area contributed by atoms with Crippen molar-refractivity contribution < 1.29 is 4.79 Å². The lowest BCUT2D eigenvalue weighted by molar-refractivity contribution is -0.116. The molecule has 0 unspecified atom stereocenters. The maximum absolute atomic E-state index is 12.6. The standard InChI is InChI=1S/C20H17BrClN3O2/c1-12-6-7-17(16(21)8-12)24-18(26)11-25-19(27)9-13(2)23-20(25)14-4-3-5-15(22)10-14/h3-10H,11H2,1-2H3,(H,24,26). The fourth-order valence-electron chi connectivity index (χ4n) is 2.68. The zero-order chi connectivity index (χ0) is 19.6. The molecule has 0 fully saturated rings. The first-order valence-corrected chi connectivity index (χ1v) is 9.41. The number of aryl methyl sites for hydroxylation is 2. The summed E-state index contributed by atoms with van der Waals surface area (Å²) in [6.07, 6.45) is 0. The number of rotatable bonds is 4. The van der Waals surface area contributed by atoms with Crippen molar-refractivity contribution in [3.05, 3.63) is 79.6 Å². The second-order valence-corrected chi connectivity index (χ2v) is 7.48. The Morgan fingerprint density at radius 1 is 1.19 bits per heavy atom. The van der Waals surface area contributed by atoms with Crippen LogP contribution >= 0.6 is 27.5 Å². The number of aromatic nitrogens is 2. The van der Waals surface area contributed by atoms with Gasteiger partial charge in [0.2, 0.25) is 5.91 Å². The van der Waals surface area contributed by atoms with Crippen LogP contribution in [-0.2, 0) is 11.3 Å². The summed E-state index contributed by atoms with van der Waals surface area (Å²) >= 11 is 9.50. The molecule has 1 heterocycles. The Bertz CT molecular complexity index is 1080. The van der Waals surface area contributed by atoms with Gasteiger partial charge in [0, 0.05) is 26.8 Å². The van der Waals surface area contributed by atoms with Gasteiger partial charge in [-0.2, -0.15) is 0 Å². The molecule has 3 aromatic rings. The van der Waals surface area contributed by atoms with Crippen LogP contribution in [0, 0.1) is 13.8 Å². The van der Waals surface area contributed by atoms with Crippen molar-refractivity contribution in [1.29, 1.82) is 0 Å². The number of carbonyl (C=O) groups excluding carboxylic acids is 1. The molecule has 0 radical (unpaired) electrons. The van der Waals surface area contributed by atoms with Gasteiger partial charge in [-0.15, -0.1) is 0 Å². The summed E-state index contributed by atoms with van der Waals surface area (Å²) in [4.78, 5) is 29.5. The topological polar surface area (TPSA) is 64.0 Å². The molecule has 0 aliphatic rings. The van der Waals surface area contributed by atoms with Gasteiger partial charge in [0.25, 0.3) is 5.56 Å². The minimum atomic E-state index is -0.324. The first-order valence-electron chi connectivity index (χ1n) is 8.24. The van der Waals surface area contributed by atoms with Gasteiger partial charge in [0.05, 0.1) is 5.69 Å². The molecule has 0 aliphatic heterocycles. The smallest absolute Gasteiger partial charge is 0.254 e. The Balaban J connectivity index is 1.94. The lowest BCUT2D eigenvalue weighted by atomic mass is 10.2. The highest BCUT2D eigenvalue weighted by atomic mass is 79.9. The maximum atomic E-state index is 12.6. The molecule has 1 aromatic heterocycles. The first kappa shape index (κ1) is 19.3. The van der Waals surface area contributed by atoms with Gasteiger partial charge in [-0.05, 0) is 59.6 Å². The van der Waals surface area contributed by atoms with E-state index in [9.17, 15) is 9.59 Å². The Morgan fingerprint density at radius 3 is 2.67 bits per heavy atom. The zero-order valence-electron chi connectivity index (χ0n) is 14.8. The van der Waals surface area contributed by atoms with Gasteiger partial charge in [0.1, 0.15) is 12.4 Å². The van der Waals surface area contributed by atoms with Crippen LogP contribution < -0.4 is 10.9 Å². The largest absolute Gasteiger partial charge is 0.324 e. The fraction of sp³-hybridized carbons (Fsp3) is 0.150. The van der Waals surface area contributed by atoms with Crippen LogP contribution in [0.25, 0.3) is 11.4 Å². The van der Waals surface area contributed by atoms with Crippen molar-refractivity contribution in [1.82, 2.24) is 9.55 Å². The van der Waals surface area contributed by atoms with Crippen LogP contribution in [0.1, 0.15) is 11.3 Å². The predicted molar refractivity (Wildman–Crippen MR) is 111 cm³/mol. The Morgan fingerprint density at radius 2 is 1.96 bits per heavy atom. The van der Waals surface area contributed by atoms with E-state index in [2.05, 4.69) is 26.2 Å². The Labute approximate surface area is 170 Å². The molecule has 5 nitrogen and oxygen atoms in total. The van der Waals surface area contributed by atoms with Gasteiger partial charge in [-0.1, -0.05) is 29.8 Å². The van der Waals surface area contributed by atoms with Gasteiger partial charge in [-0.3, -0.25) is 14.2 Å². The molecular weight excluding hydrogens is 430 g/mol. The molecule has 27 heavy (non-hydrogen) atoms. The molecule has 3 rings (SSSR count). The van der Waals surface area contributed by atoms with E-state index < -0.39 is 0 Å². The van der Waals surface area contributed by atoms with E-state index in [0.29, 0.717) is 27.8 Å². The van der Waals surface area contributed by atoms with E-state index in [1.165, 1.54) is 10.6 Å². The highest BCUT2D eigenvalue weighted by Gasteiger charge is 2.14. The summed E-state index contributed by atoms with van der Waals surface area (Å²) in [5.41, 5.74) is 2.67. The van der Waals surface area contributed by atoms with E-state index in [0.717, 1.165) is 10.0 Å². The summed E-state index contributed by atoms with van der Waals surface area (Å²) in [7, 11) is 0. The number of amides is 1. The highest BCUT2D eigenvalue weighted by molar-refractivity contribution is 9.10. The summed E-state index contributed by atoms with van der Waals surface area (Å²) in [6, 6.07) is 14.1. The van der Waals surface area contributed by atoms with Crippen molar-refractivity contribution in [2.24, 2.45) is 0 Å². The van der Waals surface area contributed by atoms with E-state index in [4.69, 9.17) is 11.6 Å². The molecule has 0 saturated heterocycles. The lowest BCUT2D eigenvalue weighted by Gasteiger charge is -2.14. The quantitative estimate of drug-likeness (QED) is 0.638. The monoisotopic (exact) mass is 445 g/mol. The third-order valence-electron chi connectivity index (χ3n) is 3.92. The summed E-state index contributed by atoms with van der Waals surface area (Å²) < 4.78 is 2.12. The highest BCUT2D eigenvalue weighted by Crippen LogP contribution is 2.24. The van der Waals surface area contributed by atoms with Crippen molar-refractivity contribution in [3.63, 3.8) is 0 Å². The molecule has 0 saturated carbocycles. The normalized spacial score (nSPS) is 10.7. The number of nitrogens with zero attached hydrogens (tertiary/aromatic N) is 2. The minimum absolute atomic E-state index is 0.158. The second-order valence-electron chi connectivity index (χ2n) is 6.19. The maximum Gasteiger partial charge on any atom is 0.254 e.